The first-order valence-electron chi connectivity index (χ1n) is 12.1. The van der Waals surface area contributed by atoms with Crippen LogP contribution in [0.5, 0.6) is 5.75 Å². The van der Waals surface area contributed by atoms with Gasteiger partial charge in [0.15, 0.2) is 17.9 Å². The summed E-state index contributed by atoms with van der Waals surface area (Å²) in [4.78, 5) is 62.2. The molecule has 1 aliphatic heterocycles. The second-order valence-electron chi connectivity index (χ2n) is 9.15. The number of halogens is 1. The van der Waals surface area contributed by atoms with E-state index in [0.29, 0.717) is 18.9 Å². The van der Waals surface area contributed by atoms with E-state index in [2.05, 4.69) is 10.6 Å². The summed E-state index contributed by atoms with van der Waals surface area (Å²) >= 11 is 0. The van der Waals surface area contributed by atoms with E-state index in [-0.39, 0.29) is 12.1 Å². The van der Waals surface area contributed by atoms with Crippen LogP contribution in [0.4, 0.5) is 10.1 Å². The van der Waals surface area contributed by atoms with Crippen molar-refractivity contribution in [1.29, 1.82) is 0 Å². The predicted octanol–water partition coefficient (Wildman–Crippen LogP) is 2.45. The molecule has 1 aromatic carbocycles. The second kappa shape index (κ2) is 13.0. The molecule has 0 bridgehead atoms. The average Bonchev–Trinajstić information content (AvgIpc) is 2.85. The molecule has 12 heteroatoms. The first-order valence-corrected chi connectivity index (χ1v) is 12.1. The Kier molecular flexibility index (Phi) is 10.4. The van der Waals surface area contributed by atoms with E-state index in [1.54, 1.807) is 13.8 Å². The molecule has 0 radical (unpaired) electrons. The number of amides is 2. The van der Waals surface area contributed by atoms with Gasteiger partial charge >= 0.3 is 17.9 Å². The van der Waals surface area contributed by atoms with Gasteiger partial charge in [0, 0.05) is 6.07 Å². The number of esters is 3. The van der Waals surface area contributed by atoms with E-state index in [9.17, 15) is 33.5 Å². The van der Waals surface area contributed by atoms with Crippen LogP contribution in [0.1, 0.15) is 64.2 Å². The number of rotatable bonds is 9. The molecule has 3 N–H and O–H groups in total. The van der Waals surface area contributed by atoms with Crippen molar-refractivity contribution in [2.45, 2.75) is 78.2 Å². The molecule has 0 aliphatic carbocycles. The normalized spacial score (nSPS) is 24.1. The van der Waals surface area contributed by atoms with Crippen molar-refractivity contribution < 1.29 is 47.7 Å². The minimum Gasteiger partial charge on any atom is -0.505 e. The summed E-state index contributed by atoms with van der Waals surface area (Å²) in [6.45, 7) is 7.99. The standard InChI is InChI=1S/C25H33FN2O9/c1-6-7-8-16-21(37-23(32)12(2)3)14(5)36-25(34)19(13(4)35-24(16)33)28-22(31)17-9-15(26)10-18(20(17)30)27-11-29/h9-14,16,19,21,30H,6-8H2,1-5H3,(H,27,29)(H,28,31)/t13-,14+,16-,19+,21+/m1/s1. The largest absolute Gasteiger partial charge is 0.505 e. The Labute approximate surface area is 214 Å². The highest BCUT2D eigenvalue weighted by Crippen LogP contribution is 2.30. The lowest BCUT2D eigenvalue weighted by atomic mass is 9.92. The first-order chi connectivity index (χ1) is 17.4. The van der Waals surface area contributed by atoms with Gasteiger partial charge in [0.25, 0.3) is 5.91 Å². The van der Waals surface area contributed by atoms with Crippen LogP contribution in [0.25, 0.3) is 0 Å². The van der Waals surface area contributed by atoms with E-state index in [4.69, 9.17) is 14.2 Å². The molecule has 0 saturated carbocycles. The van der Waals surface area contributed by atoms with Crippen LogP contribution in [0.3, 0.4) is 0 Å². The van der Waals surface area contributed by atoms with Crippen LogP contribution < -0.4 is 10.6 Å². The average molecular weight is 525 g/mol. The minimum absolute atomic E-state index is 0.187. The van der Waals surface area contributed by atoms with Gasteiger partial charge in [-0.25, -0.2) is 9.18 Å². The van der Waals surface area contributed by atoms with Gasteiger partial charge in [-0.3, -0.25) is 19.2 Å². The molecule has 0 unspecified atom stereocenters. The van der Waals surface area contributed by atoms with Crippen LogP contribution in [-0.2, 0) is 33.4 Å². The lowest BCUT2D eigenvalue weighted by Gasteiger charge is -2.29. The van der Waals surface area contributed by atoms with Crippen LogP contribution in [0, 0.1) is 17.7 Å². The van der Waals surface area contributed by atoms with E-state index in [1.807, 2.05) is 6.92 Å². The molecule has 0 aromatic heterocycles. The third kappa shape index (κ3) is 7.40. The van der Waals surface area contributed by atoms with Crippen molar-refractivity contribution in [3.05, 3.63) is 23.5 Å². The quantitative estimate of drug-likeness (QED) is 0.191. The van der Waals surface area contributed by atoms with Gasteiger partial charge in [-0.2, -0.15) is 0 Å². The van der Waals surface area contributed by atoms with E-state index >= 15 is 0 Å². The Morgan fingerprint density at radius 1 is 1.16 bits per heavy atom. The number of carbonyl (C=O) groups excluding carboxylic acids is 5. The Hall–Kier alpha value is -3.70. The van der Waals surface area contributed by atoms with Gasteiger partial charge in [0.05, 0.1) is 23.1 Å². The summed E-state index contributed by atoms with van der Waals surface area (Å²) in [5.41, 5.74) is -0.938. The third-order valence-corrected chi connectivity index (χ3v) is 5.90. The fourth-order valence-electron chi connectivity index (χ4n) is 3.81. The number of unbranched alkanes of at least 4 members (excludes halogenated alkanes) is 1. The van der Waals surface area contributed by atoms with E-state index in [0.717, 1.165) is 12.5 Å². The van der Waals surface area contributed by atoms with Gasteiger partial charge in [0.2, 0.25) is 6.41 Å². The number of benzene rings is 1. The Bertz CT molecular complexity index is 1030. The Balaban J connectivity index is 2.39. The summed E-state index contributed by atoms with van der Waals surface area (Å²) in [6.07, 6.45) is -1.57. The fourth-order valence-corrected chi connectivity index (χ4v) is 3.81. The van der Waals surface area contributed by atoms with Gasteiger partial charge in [-0.1, -0.05) is 33.6 Å². The molecule has 1 saturated heterocycles. The van der Waals surface area contributed by atoms with Crippen molar-refractivity contribution in [3.63, 3.8) is 0 Å². The van der Waals surface area contributed by atoms with Crippen molar-refractivity contribution >= 4 is 35.9 Å². The van der Waals surface area contributed by atoms with Gasteiger partial charge < -0.3 is 30.0 Å². The Morgan fingerprint density at radius 2 is 1.81 bits per heavy atom. The smallest absolute Gasteiger partial charge is 0.332 e. The van der Waals surface area contributed by atoms with Crippen molar-refractivity contribution in [2.75, 3.05) is 5.32 Å². The zero-order valence-electron chi connectivity index (χ0n) is 21.4. The lowest BCUT2D eigenvalue weighted by Crippen LogP contribution is -2.50. The second-order valence-corrected chi connectivity index (χ2v) is 9.15. The number of phenolic OH excluding ortho intramolecular Hbond substituents is 1. The molecule has 5 atom stereocenters. The maximum atomic E-state index is 14.0. The molecule has 11 nitrogen and oxygen atoms in total. The number of nitrogens with one attached hydrogen (secondary N) is 2. The molecule has 0 spiro atoms. The molecule has 2 rings (SSSR count). The number of hydrogen-bond acceptors (Lipinski definition) is 9. The maximum absolute atomic E-state index is 14.0. The van der Waals surface area contributed by atoms with Crippen molar-refractivity contribution in [3.8, 4) is 5.75 Å². The van der Waals surface area contributed by atoms with Crippen LogP contribution in [0.2, 0.25) is 0 Å². The Morgan fingerprint density at radius 3 is 2.41 bits per heavy atom. The number of anilines is 1. The molecule has 37 heavy (non-hydrogen) atoms. The molecule has 204 valence electrons. The summed E-state index contributed by atoms with van der Waals surface area (Å²) in [6, 6.07) is -0.0335. The van der Waals surface area contributed by atoms with Crippen LogP contribution in [0.15, 0.2) is 12.1 Å². The van der Waals surface area contributed by atoms with Crippen LogP contribution in [-0.4, -0.2) is 59.7 Å². The first kappa shape index (κ1) is 29.5. The summed E-state index contributed by atoms with van der Waals surface area (Å²) < 4.78 is 30.6. The van der Waals surface area contributed by atoms with Gasteiger partial charge in [-0.15, -0.1) is 0 Å². The van der Waals surface area contributed by atoms with Crippen molar-refractivity contribution in [1.82, 2.24) is 5.32 Å². The molecule has 2 amide bonds. The fraction of sp³-hybridized carbons (Fsp3) is 0.560. The highest BCUT2D eigenvalue weighted by Gasteiger charge is 2.44. The molecular weight excluding hydrogens is 491 g/mol. The molecule has 1 aromatic rings. The summed E-state index contributed by atoms with van der Waals surface area (Å²) in [5.74, 6) is -6.50. The summed E-state index contributed by atoms with van der Waals surface area (Å²) in [7, 11) is 0. The number of hydrogen-bond donors (Lipinski definition) is 3. The van der Waals surface area contributed by atoms with Crippen molar-refractivity contribution in [2.24, 2.45) is 11.8 Å². The molecule has 1 fully saturated rings. The van der Waals surface area contributed by atoms with E-state index in [1.165, 1.54) is 13.8 Å². The number of phenols is 1. The van der Waals surface area contributed by atoms with Crippen LogP contribution >= 0.6 is 0 Å². The number of cyclic esters (lactones) is 2. The maximum Gasteiger partial charge on any atom is 0.332 e. The highest BCUT2D eigenvalue weighted by molar-refractivity contribution is 6.01. The number of aromatic hydroxyl groups is 1. The monoisotopic (exact) mass is 524 g/mol. The van der Waals surface area contributed by atoms with E-state index < -0.39 is 77.1 Å². The molecule has 1 aliphatic rings. The predicted molar refractivity (Wildman–Crippen MR) is 128 cm³/mol. The zero-order chi connectivity index (χ0) is 27.9. The molecule has 1 heterocycles. The number of carbonyl (C=O) groups is 5. The molecular formula is C25H33FN2O9. The minimum atomic E-state index is -1.55. The van der Waals surface area contributed by atoms with Gasteiger partial charge in [0.1, 0.15) is 18.0 Å². The summed E-state index contributed by atoms with van der Waals surface area (Å²) in [5, 5.41) is 14.7. The highest BCUT2D eigenvalue weighted by atomic mass is 19.1. The van der Waals surface area contributed by atoms with Gasteiger partial charge in [-0.05, 0) is 26.3 Å². The number of ether oxygens (including phenoxy) is 3. The topological polar surface area (TPSA) is 157 Å². The third-order valence-electron chi connectivity index (χ3n) is 5.90. The lowest BCUT2D eigenvalue weighted by molar-refractivity contribution is -0.177. The zero-order valence-corrected chi connectivity index (χ0v) is 21.4. The SMILES string of the molecule is CCCC[C@H]1C(=O)O[C@H](C)[C@H](NC(=O)c2cc(F)cc(NC=O)c2O)C(=O)O[C@@H](C)[C@@H]1OC(=O)C(C)C.